The van der Waals surface area contributed by atoms with Crippen LogP contribution < -0.4 is 10.6 Å². The maximum atomic E-state index is 13.7. The number of aryl methyl sites for hydroxylation is 3. The van der Waals surface area contributed by atoms with Gasteiger partial charge in [0.1, 0.15) is 17.7 Å². The van der Waals surface area contributed by atoms with Crippen molar-refractivity contribution in [2.45, 2.75) is 66.2 Å². The highest BCUT2D eigenvalue weighted by Gasteiger charge is 2.36. The Kier molecular flexibility index (Phi) is 9.42. The van der Waals surface area contributed by atoms with E-state index in [-0.39, 0.29) is 13.2 Å². The molecule has 0 aliphatic carbocycles. The van der Waals surface area contributed by atoms with E-state index in [1.54, 1.807) is 26.8 Å². The highest BCUT2D eigenvalue weighted by Crippen LogP contribution is 2.30. The molecule has 0 fully saturated rings. The number of nitrogens with one attached hydrogen (secondary N) is 2. The van der Waals surface area contributed by atoms with E-state index >= 15 is 0 Å². The van der Waals surface area contributed by atoms with E-state index in [0.717, 1.165) is 16.7 Å². The Labute approximate surface area is 207 Å². The third-order valence-electron chi connectivity index (χ3n) is 5.51. The summed E-state index contributed by atoms with van der Waals surface area (Å²) >= 11 is 0. The van der Waals surface area contributed by atoms with Crippen molar-refractivity contribution in [3.8, 4) is 0 Å². The van der Waals surface area contributed by atoms with Crippen molar-refractivity contribution in [3.63, 3.8) is 0 Å². The number of benzene rings is 2. The highest BCUT2D eigenvalue weighted by atomic mass is 16.6. The molecule has 0 aliphatic rings. The Morgan fingerprint density at radius 2 is 1.54 bits per heavy atom. The van der Waals surface area contributed by atoms with Crippen LogP contribution in [0.2, 0.25) is 0 Å². The number of nitrogens with zero attached hydrogens (tertiary/aromatic N) is 1. The Hall–Kier alpha value is -3.39. The Morgan fingerprint density at radius 3 is 2.09 bits per heavy atom. The summed E-state index contributed by atoms with van der Waals surface area (Å²) in [6, 6.07) is 11.0. The Morgan fingerprint density at radius 1 is 0.971 bits per heavy atom. The summed E-state index contributed by atoms with van der Waals surface area (Å²) in [6.45, 7) is 11.9. The SMILES string of the molecule is Cc1ccccc1NC(=O)C(c1c(C)cccc1C)N(CCO)C(=O)C(C)NC(=O)OC(C)(C)C. The average molecular weight is 484 g/mol. The zero-order chi connectivity index (χ0) is 26.3. The summed E-state index contributed by atoms with van der Waals surface area (Å²) in [6.07, 6.45) is -0.740. The molecule has 2 aromatic rings. The van der Waals surface area contributed by atoms with E-state index in [9.17, 15) is 19.5 Å². The molecule has 0 saturated heterocycles. The minimum atomic E-state index is -1.03. The molecule has 35 heavy (non-hydrogen) atoms. The molecule has 8 heteroatoms. The van der Waals surface area contributed by atoms with Crippen molar-refractivity contribution < 1.29 is 24.2 Å². The van der Waals surface area contributed by atoms with Crippen molar-refractivity contribution in [2.75, 3.05) is 18.5 Å². The number of amides is 3. The lowest BCUT2D eigenvalue weighted by Gasteiger charge is -2.34. The molecule has 0 bridgehead atoms. The number of ether oxygens (including phenoxy) is 1. The van der Waals surface area contributed by atoms with Gasteiger partial charge in [-0.1, -0.05) is 36.4 Å². The van der Waals surface area contributed by atoms with Crippen LogP contribution in [-0.2, 0) is 14.3 Å². The van der Waals surface area contributed by atoms with Crippen LogP contribution in [0.4, 0.5) is 10.5 Å². The molecule has 0 aromatic heterocycles. The Balaban J connectivity index is 2.48. The summed E-state index contributed by atoms with van der Waals surface area (Å²) in [5.41, 5.74) is 3.11. The smallest absolute Gasteiger partial charge is 0.408 e. The normalized spacial score (nSPS) is 12.9. The zero-order valence-electron chi connectivity index (χ0n) is 21.6. The van der Waals surface area contributed by atoms with E-state index < -0.39 is 35.6 Å². The number of alkyl carbamates (subject to hydrolysis) is 1. The summed E-state index contributed by atoms with van der Waals surface area (Å²) < 4.78 is 5.27. The number of carbonyl (C=O) groups is 3. The molecule has 0 saturated carbocycles. The first-order chi connectivity index (χ1) is 16.4. The predicted molar refractivity (Wildman–Crippen MR) is 136 cm³/mol. The second kappa shape index (κ2) is 11.8. The van der Waals surface area contributed by atoms with Gasteiger partial charge in [0.15, 0.2) is 0 Å². The minimum Gasteiger partial charge on any atom is -0.444 e. The molecular formula is C27H37N3O5. The largest absolute Gasteiger partial charge is 0.444 e. The lowest BCUT2D eigenvalue weighted by Crippen LogP contribution is -2.52. The summed E-state index contributed by atoms with van der Waals surface area (Å²) in [5, 5.41) is 15.3. The standard InChI is InChI=1S/C27H37N3O5/c1-17-11-8-9-14-21(17)29-24(32)23(22-18(2)12-10-13-19(22)3)30(15-16-31)25(33)20(4)28-26(34)35-27(5,6)7/h8-14,20,23,31H,15-16H2,1-7H3,(H,28,34)(H,29,32). The first-order valence-corrected chi connectivity index (χ1v) is 11.7. The quantitative estimate of drug-likeness (QED) is 0.526. The molecule has 0 heterocycles. The van der Waals surface area contributed by atoms with Gasteiger partial charge in [-0.2, -0.15) is 0 Å². The highest BCUT2D eigenvalue weighted by molar-refractivity contribution is 5.99. The predicted octanol–water partition coefficient (Wildman–Crippen LogP) is 4.03. The van der Waals surface area contributed by atoms with Crippen molar-refractivity contribution in [2.24, 2.45) is 0 Å². The first kappa shape index (κ1) is 27.9. The molecule has 0 spiro atoms. The molecule has 2 unspecified atom stereocenters. The Bertz CT molecular complexity index is 1040. The van der Waals surface area contributed by atoms with Crippen molar-refractivity contribution in [3.05, 3.63) is 64.7 Å². The summed E-state index contributed by atoms with van der Waals surface area (Å²) in [7, 11) is 0. The topological polar surface area (TPSA) is 108 Å². The van der Waals surface area contributed by atoms with Gasteiger partial charge in [-0.15, -0.1) is 0 Å². The third kappa shape index (κ3) is 7.55. The number of carbonyl (C=O) groups excluding carboxylic acids is 3. The van der Waals surface area contributed by atoms with Crippen LogP contribution >= 0.6 is 0 Å². The summed E-state index contributed by atoms with van der Waals surface area (Å²) in [5.74, 6) is -0.930. The van der Waals surface area contributed by atoms with Gasteiger partial charge in [0, 0.05) is 12.2 Å². The van der Waals surface area contributed by atoms with Crippen LogP contribution in [0.25, 0.3) is 0 Å². The van der Waals surface area contributed by atoms with Gasteiger partial charge in [-0.05, 0) is 76.8 Å². The van der Waals surface area contributed by atoms with E-state index in [2.05, 4.69) is 10.6 Å². The fourth-order valence-corrected chi connectivity index (χ4v) is 3.87. The van der Waals surface area contributed by atoms with Crippen molar-refractivity contribution in [1.82, 2.24) is 10.2 Å². The van der Waals surface area contributed by atoms with E-state index in [1.165, 1.54) is 11.8 Å². The van der Waals surface area contributed by atoms with Gasteiger partial charge in [0.25, 0.3) is 5.91 Å². The van der Waals surface area contributed by atoms with E-state index in [0.29, 0.717) is 11.3 Å². The molecule has 0 aliphatic heterocycles. The molecule has 8 nitrogen and oxygen atoms in total. The number of hydrogen-bond acceptors (Lipinski definition) is 5. The van der Waals surface area contributed by atoms with E-state index in [4.69, 9.17) is 4.74 Å². The van der Waals surface area contributed by atoms with E-state index in [1.807, 2.05) is 57.2 Å². The summed E-state index contributed by atoms with van der Waals surface area (Å²) in [4.78, 5) is 40.9. The van der Waals surface area contributed by atoms with Crippen LogP contribution in [0, 0.1) is 20.8 Å². The number of rotatable bonds is 8. The average Bonchev–Trinajstić information content (AvgIpc) is 2.74. The molecule has 3 N–H and O–H groups in total. The first-order valence-electron chi connectivity index (χ1n) is 11.7. The van der Waals surface area contributed by atoms with Crippen LogP contribution in [0.15, 0.2) is 42.5 Å². The van der Waals surface area contributed by atoms with Gasteiger partial charge in [-0.3, -0.25) is 9.59 Å². The van der Waals surface area contributed by atoms with Crippen molar-refractivity contribution >= 4 is 23.6 Å². The van der Waals surface area contributed by atoms with Gasteiger partial charge in [0.05, 0.1) is 6.61 Å². The molecular weight excluding hydrogens is 446 g/mol. The maximum Gasteiger partial charge on any atom is 0.408 e. The number of aliphatic hydroxyl groups is 1. The fraction of sp³-hybridized carbons (Fsp3) is 0.444. The van der Waals surface area contributed by atoms with Crippen LogP contribution in [0.5, 0.6) is 0 Å². The monoisotopic (exact) mass is 483 g/mol. The van der Waals surface area contributed by atoms with Gasteiger partial charge in [-0.25, -0.2) is 4.79 Å². The van der Waals surface area contributed by atoms with Gasteiger partial charge >= 0.3 is 6.09 Å². The number of hydrogen-bond donors (Lipinski definition) is 3. The molecule has 3 amide bonds. The number of para-hydroxylation sites is 1. The third-order valence-corrected chi connectivity index (χ3v) is 5.51. The molecule has 2 rings (SSSR count). The lowest BCUT2D eigenvalue weighted by molar-refractivity contribution is -0.141. The molecule has 190 valence electrons. The van der Waals surface area contributed by atoms with Crippen LogP contribution in [0.1, 0.15) is 56.0 Å². The van der Waals surface area contributed by atoms with Crippen LogP contribution in [-0.4, -0.2) is 52.7 Å². The maximum absolute atomic E-state index is 13.7. The minimum absolute atomic E-state index is 0.0984. The second-order valence-electron chi connectivity index (χ2n) is 9.64. The zero-order valence-corrected chi connectivity index (χ0v) is 21.6. The molecule has 0 radical (unpaired) electrons. The number of aliphatic hydroxyl groups excluding tert-OH is 1. The molecule has 2 atom stereocenters. The van der Waals surface area contributed by atoms with Gasteiger partial charge < -0.3 is 25.4 Å². The lowest BCUT2D eigenvalue weighted by atomic mass is 9.93. The van der Waals surface area contributed by atoms with Crippen LogP contribution in [0.3, 0.4) is 0 Å². The fourth-order valence-electron chi connectivity index (χ4n) is 3.87. The van der Waals surface area contributed by atoms with Crippen molar-refractivity contribution in [1.29, 1.82) is 0 Å². The number of anilines is 1. The van der Waals surface area contributed by atoms with Gasteiger partial charge in [0.2, 0.25) is 5.91 Å². The second-order valence-corrected chi connectivity index (χ2v) is 9.64. The molecule has 2 aromatic carbocycles.